The Morgan fingerprint density at radius 3 is 2.66 bits per heavy atom. The Kier molecular flexibility index (Phi) is 7.27. The van der Waals surface area contributed by atoms with Crippen LogP contribution in [0.25, 0.3) is 21.0 Å². The van der Waals surface area contributed by atoms with Crippen LogP contribution in [0.3, 0.4) is 0 Å². The van der Waals surface area contributed by atoms with Gasteiger partial charge in [0.2, 0.25) is 0 Å². The van der Waals surface area contributed by atoms with Crippen molar-refractivity contribution in [3.63, 3.8) is 0 Å². The van der Waals surface area contributed by atoms with Crippen molar-refractivity contribution < 1.29 is 14.3 Å². The first kappa shape index (κ1) is 23.7. The number of amides is 1. The van der Waals surface area contributed by atoms with Crippen LogP contribution in [0, 0.1) is 13.8 Å². The second-order valence-electron chi connectivity index (χ2n) is 9.05. The van der Waals surface area contributed by atoms with E-state index < -0.39 is 0 Å². The number of hydrogen-bond acceptors (Lipinski definition) is 6. The molecule has 0 spiro atoms. The van der Waals surface area contributed by atoms with Gasteiger partial charge in [-0.15, -0.1) is 0 Å². The molecule has 1 aliphatic heterocycles. The Morgan fingerprint density at radius 2 is 1.83 bits per heavy atom. The van der Waals surface area contributed by atoms with Crippen molar-refractivity contribution in [1.29, 1.82) is 0 Å². The molecule has 1 amide bonds. The summed E-state index contributed by atoms with van der Waals surface area (Å²) >= 11 is 1.57. The minimum atomic E-state index is -0.0763. The summed E-state index contributed by atoms with van der Waals surface area (Å²) in [6, 6.07) is 18.3. The molecule has 3 aromatic carbocycles. The highest BCUT2D eigenvalue weighted by Gasteiger charge is 2.21. The molecule has 5 rings (SSSR count). The maximum absolute atomic E-state index is 13.4. The highest BCUT2D eigenvalue weighted by molar-refractivity contribution is 7.22. The molecule has 1 aromatic heterocycles. The number of fused-ring (bicyclic) bond motifs is 2. The maximum Gasteiger partial charge on any atom is 0.266 e. The molecule has 0 radical (unpaired) electrons. The lowest BCUT2D eigenvalue weighted by Crippen LogP contribution is -2.40. The van der Waals surface area contributed by atoms with Crippen molar-refractivity contribution >= 4 is 43.4 Å². The topological polar surface area (TPSA) is 54.9 Å². The monoisotopic (exact) mass is 489 g/mol. The molecule has 7 heteroatoms. The molecule has 35 heavy (non-hydrogen) atoms. The smallest absolute Gasteiger partial charge is 0.266 e. The number of hydrogen-bond donors (Lipinski definition) is 0. The molecular formula is C28H31N3O3S. The predicted molar refractivity (Wildman–Crippen MR) is 143 cm³/mol. The standard InChI is InChI=1S/C28H31N3O3S/c1-20-16-25-26(17-21(20)2)35-28(29-25)31(11-5-10-30-12-14-33-15-13-30)27(32)19-34-24-9-8-22-6-3-4-7-23(22)18-24/h3-4,6-9,16-18H,5,10-15,19H2,1-2H3. The second-order valence-corrected chi connectivity index (χ2v) is 10.1. The van der Waals surface area contributed by atoms with Gasteiger partial charge >= 0.3 is 0 Å². The van der Waals surface area contributed by atoms with E-state index in [-0.39, 0.29) is 12.5 Å². The average Bonchev–Trinajstić information content (AvgIpc) is 3.28. The molecule has 0 N–H and O–H groups in total. The zero-order valence-corrected chi connectivity index (χ0v) is 21.1. The highest BCUT2D eigenvalue weighted by atomic mass is 32.1. The molecule has 0 aliphatic carbocycles. The Hall–Kier alpha value is -3.00. The number of aromatic nitrogens is 1. The van der Waals surface area contributed by atoms with Crippen molar-refractivity contribution in [1.82, 2.24) is 9.88 Å². The van der Waals surface area contributed by atoms with E-state index in [9.17, 15) is 4.79 Å². The molecule has 0 saturated carbocycles. The number of thiazole rings is 1. The van der Waals surface area contributed by atoms with Crippen LogP contribution in [0.2, 0.25) is 0 Å². The Balaban J connectivity index is 1.32. The number of nitrogens with zero attached hydrogens (tertiary/aromatic N) is 3. The van der Waals surface area contributed by atoms with Gasteiger partial charge in [-0.1, -0.05) is 41.7 Å². The van der Waals surface area contributed by atoms with Crippen LogP contribution >= 0.6 is 11.3 Å². The third-order valence-corrected chi connectivity index (χ3v) is 7.61. The van der Waals surface area contributed by atoms with E-state index in [1.165, 1.54) is 11.1 Å². The number of carbonyl (C=O) groups is 1. The van der Waals surface area contributed by atoms with Crippen molar-refractivity contribution in [2.45, 2.75) is 20.3 Å². The van der Waals surface area contributed by atoms with Crippen molar-refractivity contribution in [3.8, 4) is 5.75 Å². The van der Waals surface area contributed by atoms with Gasteiger partial charge < -0.3 is 9.47 Å². The molecule has 1 fully saturated rings. The van der Waals surface area contributed by atoms with Gasteiger partial charge in [0.25, 0.3) is 5.91 Å². The normalized spacial score (nSPS) is 14.5. The zero-order valence-electron chi connectivity index (χ0n) is 20.3. The van der Waals surface area contributed by atoms with Crippen molar-refractivity contribution in [3.05, 3.63) is 65.7 Å². The number of rotatable bonds is 8. The number of ether oxygens (including phenoxy) is 2. The van der Waals surface area contributed by atoms with Gasteiger partial charge in [-0.3, -0.25) is 14.6 Å². The lowest BCUT2D eigenvalue weighted by molar-refractivity contribution is -0.120. The average molecular weight is 490 g/mol. The fourth-order valence-corrected chi connectivity index (χ4v) is 5.46. The fourth-order valence-electron chi connectivity index (χ4n) is 4.37. The lowest BCUT2D eigenvalue weighted by Gasteiger charge is -2.27. The molecule has 2 heterocycles. The van der Waals surface area contributed by atoms with Crippen LogP contribution in [0.4, 0.5) is 5.13 Å². The van der Waals surface area contributed by atoms with Crippen LogP contribution < -0.4 is 9.64 Å². The van der Waals surface area contributed by atoms with Crippen LogP contribution in [0.1, 0.15) is 17.5 Å². The summed E-state index contributed by atoms with van der Waals surface area (Å²) in [4.78, 5) is 22.4. The molecule has 1 saturated heterocycles. The van der Waals surface area contributed by atoms with Gasteiger partial charge in [0.05, 0.1) is 23.4 Å². The van der Waals surface area contributed by atoms with Crippen LogP contribution in [0.15, 0.2) is 54.6 Å². The van der Waals surface area contributed by atoms with E-state index in [0.717, 1.165) is 65.4 Å². The van der Waals surface area contributed by atoms with Gasteiger partial charge in [0.1, 0.15) is 5.75 Å². The quantitative estimate of drug-likeness (QED) is 0.341. The third kappa shape index (κ3) is 5.64. The molecule has 6 nitrogen and oxygen atoms in total. The Labute approximate surface area is 210 Å². The molecular weight excluding hydrogens is 458 g/mol. The Bertz CT molecular complexity index is 1290. The fraction of sp³-hybridized carbons (Fsp3) is 0.357. The van der Waals surface area contributed by atoms with Gasteiger partial charge in [0, 0.05) is 26.2 Å². The highest BCUT2D eigenvalue weighted by Crippen LogP contribution is 2.31. The van der Waals surface area contributed by atoms with Crippen LogP contribution in [-0.2, 0) is 9.53 Å². The van der Waals surface area contributed by atoms with E-state index >= 15 is 0 Å². The summed E-state index contributed by atoms with van der Waals surface area (Å²) in [5, 5.41) is 2.98. The van der Waals surface area contributed by atoms with Gasteiger partial charge in [0.15, 0.2) is 11.7 Å². The van der Waals surface area contributed by atoms with E-state index in [1.54, 1.807) is 16.2 Å². The summed E-state index contributed by atoms with van der Waals surface area (Å²) in [6.45, 7) is 9.16. The molecule has 0 atom stereocenters. The van der Waals surface area contributed by atoms with Gasteiger partial charge in [-0.25, -0.2) is 4.98 Å². The van der Waals surface area contributed by atoms with Gasteiger partial charge in [-0.2, -0.15) is 0 Å². The summed E-state index contributed by atoms with van der Waals surface area (Å²) < 4.78 is 12.5. The third-order valence-electron chi connectivity index (χ3n) is 6.57. The number of aryl methyl sites for hydroxylation is 2. The first-order valence-electron chi connectivity index (χ1n) is 12.2. The second kappa shape index (κ2) is 10.7. The predicted octanol–water partition coefficient (Wildman–Crippen LogP) is 5.20. The molecule has 182 valence electrons. The first-order chi connectivity index (χ1) is 17.1. The largest absolute Gasteiger partial charge is 0.484 e. The summed E-state index contributed by atoms with van der Waals surface area (Å²) in [7, 11) is 0. The van der Waals surface area contributed by atoms with Gasteiger partial charge in [-0.05, 0) is 66.4 Å². The van der Waals surface area contributed by atoms with Crippen molar-refractivity contribution in [2.75, 3.05) is 50.9 Å². The van der Waals surface area contributed by atoms with E-state index in [1.807, 2.05) is 36.4 Å². The minimum Gasteiger partial charge on any atom is -0.484 e. The van der Waals surface area contributed by atoms with E-state index in [0.29, 0.717) is 12.3 Å². The number of carbonyl (C=O) groups excluding carboxylic acids is 1. The lowest BCUT2D eigenvalue weighted by atomic mass is 10.1. The van der Waals surface area contributed by atoms with E-state index in [2.05, 4.69) is 36.9 Å². The first-order valence-corrected chi connectivity index (χ1v) is 13.0. The van der Waals surface area contributed by atoms with Crippen LogP contribution in [0.5, 0.6) is 5.75 Å². The molecule has 0 unspecified atom stereocenters. The zero-order chi connectivity index (χ0) is 24.2. The summed E-state index contributed by atoms with van der Waals surface area (Å²) in [5.74, 6) is 0.619. The Morgan fingerprint density at radius 1 is 1.06 bits per heavy atom. The molecule has 0 bridgehead atoms. The SMILES string of the molecule is Cc1cc2nc(N(CCCN3CCOCC3)C(=O)COc3ccc4ccccc4c3)sc2cc1C. The molecule has 4 aromatic rings. The number of anilines is 1. The summed E-state index contributed by atoms with van der Waals surface area (Å²) in [5.41, 5.74) is 3.38. The van der Waals surface area contributed by atoms with E-state index in [4.69, 9.17) is 14.5 Å². The van der Waals surface area contributed by atoms with Crippen molar-refractivity contribution in [2.24, 2.45) is 0 Å². The minimum absolute atomic E-state index is 0.0239. The van der Waals surface area contributed by atoms with Crippen LogP contribution in [-0.4, -0.2) is 61.8 Å². The summed E-state index contributed by atoms with van der Waals surface area (Å²) in [6.07, 6.45) is 0.871. The number of benzene rings is 3. The number of morpholine rings is 1. The maximum atomic E-state index is 13.4. The molecule has 1 aliphatic rings.